The number of nitrogens with zero attached hydrogens (tertiary/aromatic N) is 4. The van der Waals surface area contributed by atoms with Crippen molar-refractivity contribution in [3.8, 4) is 39.4 Å². The van der Waals surface area contributed by atoms with E-state index in [0.29, 0.717) is 0 Å². The van der Waals surface area contributed by atoms with Gasteiger partial charge in [0.15, 0.2) is 0 Å². The average Bonchev–Trinajstić information content (AvgIpc) is 3.76. The molecule has 1 N–H and O–H groups in total. The van der Waals surface area contributed by atoms with Crippen LogP contribution in [0.5, 0.6) is 5.75 Å². The molecule has 1 atom stereocenters. The Morgan fingerprint density at radius 2 is 1.36 bits per heavy atom. The lowest BCUT2D eigenvalue weighted by Gasteiger charge is -2.41. The molecule has 228 valence electrons. The van der Waals surface area contributed by atoms with Gasteiger partial charge in [-0.25, -0.2) is 9.37 Å². The molecule has 0 bridgehead atoms. The van der Waals surface area contributed by atoms with E-state index in [1.807, 2.05) is 36.5 Å². The Balaban J connectivity index is 1.40. The minimum absolute atomic E-state index is 0.0587. The summed E-state index contributed by atoms with van der Waals surface area (Å²) in [5.41, 5.74) is 7.62. The number of imidazole rings is 1. The van der Waals surface area contributed by atoms with Crippen LogP contribution in [0.3, 0.4) is 0 Å². The summed E-state index contributed by atoms with van der Waals surface area (Å²) in [7, 11) is 0. The standard InChI is InChI=1S/C41H31FN4O/c42-35-21-16-30(17-22-35)40-37(31-20-25-39-43-26-38(45(39)27-31)29-18-23-36(47)24-19-29)28-46(44-40)41(32-10-4-1-5-11-32,33-12-6-2-7-13-33)34-14-8-3-9-15-34/h1-14,16-28,34,47H,15H2. The lowest BCUT2D eigenvalue weighted by atomic mass is 9.70. The Labute approximate surface area is 272 Å². The van der Waals surface area contributed by atoms with Crippen LogP contribution in [0, 0.1) is 11.7 Å². The van der Waals surface area contributed by atoms with Crippen molar-refractivity contribution < 1.29 is 9.50 Å². The van der Waals surface area contributed by atoms with Gasteiger partial charge >= 0.3 is 0 Å². The Morgan fingerprint density at radius 3 is 2.02 bits per heavy atom. The van der Waals surface area contributed by atoms with Gasteiger partial charge in [0.2, 0.25) is 0 Å². The van der Waals surface area contributed by atoms with Gasteiger partial charge in [0.1, 0.15) is 28.4 Å². The first-order valence-corrected chi connectivity index (χ1v) is 15.7. The average molecular weight is 615 g/mol. The number of hydrogen-bond acceptors (Lipinski definition) is 3. The maximum absolute atomic E-state index is 14.2. The molecule has 0 saturated carbocycles. The fourth-order valence-electron chi connectivity index (χ4n) is 6.88. The largest absolute Gasteiger partial charge is 0.508 e. The molecule has 0 spiro atoms. The molecule has 7 aromatic rings. The Hall–Kier alpha value is -6.01. The molecule has 6 heteroatoms. The van der Waals surface area contributed by atoms with Crippen LogP contribution < -0.4 is 0 Å². The number of halogens is 1. The maximum Gasteiger partial charge on any atom is 0.137 e. The summed E-state index contributed by atoms with van der Waals surface area (Å²) in [4.78, 5) is 4.65. The van der Waals surface area contributed by atoms with Gasteiger partial charge in [-0.2, -0.15) is 5.10 Å². The number of pyridine rings is 1. The maximum atomic E-state index is 14.2. The molecule has 4 aromatic carbocycles. The summed E-state index contributed by atoms with van der Waals surface area (Å²) in [6.45, 7) is 0. The number of hydrogen-bond donors (Lipinski definition) is 1. The van der Waals surface area contributed by atoms with Gasteiger partial charge < -0.3 is 5.11 Å². The molecule has 47 heavy (non-hydrogen) atoms. The number of benzene rings is 4. The second kappa shape index (κ2) is 11.7. The number of allylic oxidation sites excluding steroid dienone is 4. The Kier molecular flexibility index (Phi) is 7.10. The fraction of sp³-hybridized carbons (Fsp3) is 0.0732. The van der Waals surface area contributed by atoms with Crippen molar-refractivity contribution in [1.29, 1.82) is 0 Å². The summed E-state index contributed by atoms with van der Waals surface area (Å²) >= 11 is 0. The normalized spacial score (nSPS) is 14.5. The van der Waals surface area contributed by atoms with Crippen molar-refractivity contribution in [2.45, 2.75) is 12.0 Å². The molecule has 1 aliphatic carbocycles. The Morgan fingerprint density at radius 1 is 0.702 bits per heavy atom. The molecule has 0 saturated heterocycles. The predicted octanol–water partition coefficient (Wildman–Crippen LogP) is 9.30. The second-order valence-corrected chi connectivity index (χ2v) is 11.8. The minimum Gasteiger partial charge on any atom is -0.508 e. The van der Waals surface area contributed by atoms with Crippen molar-refractivity contribution >= 4 is 5.65 Å². The minimum atomic E-state index is -0.687. The summed E-state index contributed by atoms with van der Waals surface area (Å²) in [6.07, 6.45) is 15.6. The molecular weight excluding hydrogens is 583 g/mol. The first-order valence-electron chi connectivity index (χ1n) is 15.7. The predicted molar refractivity (Wildman–Crippen MR) is 184 cm³/mol. The van der Waals surface area contributed by atoms with Gasteiger partial charge in [-0.05, 0) is 78.2 Å². The highest BCUT2D eigenvalue weighted by molar-refractivity contribution is 5.81. The highest BCUT2D eigenvalue weighted by Crippen LogP contribution is 2.46. The van der Waals surface area contributed by atoms with Crippen LogP contribution in [0.15, 0.2) is 164 Å². The quantitative estimate of drug-likeness (QED) is 0.195. The van der Waals surface area contributed by atoms with Gasteiger partial charge in [0.05, 0.1) is 11.9 Å². The molecule has 1 aliphatic rings. The number of rotatable bonds is 7. The van der Waals surface area contributed by atoms with Crippen molar-refractivity contribution in [1.82, 2.24) is 19.2 Å². The molecule has 8 rings (SSSR count). The van der Waals surface area contributed by atoms with Gasteiger partial charge in [0, 0.05) is 40.6 Å². The summed E-state index contributed by atoms with van der Waals surface area (Å²) in [5, 5.41) is 15.3. The van der Waals surface area contributed by atoms with Crippen molar-refractivity contribution in [2.24, 2.45) is 5.92 Å². The van der Waals surface area contributed by atoms with Crippen LogP contribution in [-0.4, -0.2) is 24.3 Å². The molecule has 3 aromatic heterocycles. The van der Waals surface area contributed by atoms with E-state index in [0.717, 1.165) is 56.8 Å². The second-order valence-electron chi connectivity index (χ2n) is 11.8. The van der Waals surface area contributed by atoms with Crippen LogP contribution in [-0.2, 0) is 5.54 Å². The SMILES string of the molecule is Oc1ccc(-c2cnc3ccc(-c4cn(C(c5ccccc5)(c5ccccc5)C5C=CC=CC5)nc4-c4ccc(F)cc4)cn23)cc1. The topological polar surface area (TPSA) is 55.4 Å². The molecule has 0 aliphatic heterocycles. The summed E-state index contributed by atoms with van der Waals surface area (Å²) in [5.74, 6) is -0.0262. The highest BCUT2D eigenvalue weighted by atomic mass is 19.1. The van der Waals surface area contributed by atoms with Gasteiger partial charge in [-0.3, -0.25) is 9.08 Å². The molecule has 3 heterocycles. The first kappa shape index (κ1) is 28.5. The zero-order chi connectivity index (χ0) is 31.8. The van der Waals surface area contributed by atoms with E-state index in [4.69, 9.17) is 5.10 Å². The van der Waals surface area contributed by atoms with E-state index in [9.17, 15) is 9.50 Å². The Bertz CT molecular complexity index is 2190. The third-order valence-corrected chi connectivity index (χ3v) is 9.12. The van der Waals surface area contributed by atoms with Crippen LogP contribution in [0.2, 0.25) is 0 Å². The molecule has 0 fully saturated rings. The molecule has 1 unspecified atom stereocenters. The zero-order valence-corrected chi connectivity index (χ0v) is 25.5. The third-order valence-electron chi connectivity index (χ3n) is 9.12. The van der Waals surface area contributed by atoms with Crippen LogP contribution in [0.1, 0.15) is 17.5 Å². The van der Waals surface area contributed by atoms with E-state index in [1.165, 1.54) is 12.1 Å². The molecular formula is C41H31FN4O. The molecule has 0 amide bonds. The highest BCUT2D eigenvalue weighted by Gasteiger charge is 2.44. The van der Waals surface area contributed by atoms with Gasteiger partial charge in [-0.1, -0.05) is 85.0 Å². The zero-order valence-electron chi connectivity index (χ0n) is 25.5. The lowest BCUT2D eigenvalue weighted by Crippen LogP contribution is -2.43. The smallest absolute Gasteiger partial charge is 0.137 e. The summed E-state index contributed by atoms with van der Waals surface area (Å²) in [6, 6.07) is 38.9. The number of fused-ring (bicyclic) bond motifs is 1. The van der Waals surface area contributed by atoms with Crippen LogP contribution in [0.25, 0.3) is 39.3 Å². The van der Waals surface area contributed by atoms with Crippen LogP contribution >= 0.6 is 0 Å². The van der Waals surface area contributed by atoms with Gasteiger partial charge in [-0.15, -0.1) is 0 Å². The number of aromatic hydroxyl groups is 1. The molecule has 5 nitrogen and oxygen atoms in total. The van der Waals surface area contributed by atoms with Gasteiger partial charge in [0.25, 0.3) is 0 Å². The number of phenols is 1. The molecule has 0 radical (unpaired) electrons. The third kappa shape index (κ3) is 4.95. The van der Waals surface area contributed by atoms with E-state index >= 15 is 0 Å². The monoisotopic (exact) mass is 614 g/mol. The van der Waals surface area contributed by atoms with E-state index < -0.39 is 5.54 Å². The van der Waals surface area contributed by atoms with Crippen molar-refractivity contribution in [3.63, 3.8) is 0 Å². The fourth-order valence-corrected chi connectivity index (χ4v) is 6.88. The lowest BCUT2D eigenvalue weighted by molar-refractivity contribution is 0.293. The van der Waals surface area contributed by atoms with E-state index in [1.54, 1.807) is 24.3 Å². The van der Waals surface area contributed by atoms with E-state index in [-0.39, 0.29) is 17.5 Å². The summed E-state index contributed by atoms with van der Waals surface area (Å²) < 4.78 is 18.4. The van der Waals surface area contributed by atoms with E-state index in [2.05, 4.69) is 105 Å². The van der Waals surface area contributed by atoms with Crippen LogP contribution in [0.4, 0.5) is 4.39 Å². The first-order chi connectivity index (χ1) is 23.1. The van der Waals surface area contributed by atoms with Crippen molar-refractivity contribution in [3.05, 3.63) is 181 Å². The number of phenolic OH excluding ortho intramolecular Hbond substituents is 1. The number of aromatic nitrogens is 4. The van der Waals surface area contributed by atoms with Crippen molar-refractivity contribution in [2.75, 3.05) is 0 Å².